The van der Waals surface area contributed by atoms with Gasteiger partial charge in [0.25, 0.3) is 0 Å². The van der Waals surface area contributed by atoms with Crippen molar-refractivity contribution in [1.29, 1.82) is 0 Å². The Balaban J connectivity index is 1.22. The average Bonchev–Trinajstić information content (AvgIpc) is 3.50. The van der Waals surface area contributed by atoms with Crippen LogP contribution < -0.4 is 4.90 Å². The van der Waals surface area contributed by atoms with Crippen LogP contribution in [-0.2, 0) is 0 Å². The van der Waals surface area contributed by atoms with E-state index in [2.05, 4.69) is 169 Å². The minimum absolute atomic E-state index is 0.894. The maximum atomic E-state index is 6.15. The molecule has 0 bridgehead atoms. The highest BCUT2D eigenvalue weighted by molar-refractivity contribution is 6.18. The second-order valence-electron chi connectivity index (χ2n) is 11.7. The molecular weight excluding hydrogens is 558 g/mol. The summed E-state index contributed by atoms with van der Waals surface area (Å²) in [5.41, 5.74) is 9.96. The first-order chi connectivity index (χ1) is 22.8. The van der Waals surface area contributed by atoms with Crippen molar-refractivity contribution in [3.63, 3.8) is 0 Å². The maximum absolute atomic E-state index is 6.15. The molecule has 0 spiro atoms. The SMILES string of the molecule is c1ccc(-c2cccc3c2c(-c2ccc(N(c4ccccc4)c4ccc5oc6ccccc6c5c4)cc2)cc2ccccc23)cc1. The van der Waals surface area contributed by atoms with Gasteiger partial charge >= 0.3 is 0 Å². The lowest BCUT2D eigenvalue weighted by atomic mass is 9.88. The van der Waals surface area contributed by atoms with E-state index in [1.54, 1.807) is 0 Å². The van der Waals surface area contributed by atoms with Gasteiger partial charge in [0.05, 0.1) is 0 Å². The van der Waals surface area contributed by atoms with E-state index in [1.807, 2.05) is 12.1 Å². The Morgan fingerprint density at radius 1 is 0.348 bits per heavy atom. The molecule has 2 heteroatoms. The second kappa shape index (κ2) is 10.8. The van der Waals surface area contributed by atoms with Gasteiger partial charge in [0, 0.05) is 27.8 Å². The van der Waals surface area contributed by atoms with E-state index in [1.165, 1.54) is 43.8 Å². The van der Waals surface area contributed by atoms with Crippen molar-refractivity contribution in [1.82, 2.24) is 0 Å². The van der Waals surface area contributed by atoms with Crippen LogP contribution in [-0.4, -0.2) is 0 Å². The number of anilines is 3. The van der Waals surface area contributed by atoms with Gasteiger partial charge in [-0.15, -0.1) is 0 Å². The third-order valence-electron chi connectivity index (χ3n) is 9.04. The molecule has 8 aromatic carbocycles. The summed E-state index contributed by atoms with van der Waals surface area (Å²) in [7, 11) is 0. The van der Waals surface area contributed by atoms with Crippen LogP contribution >= 0.6 is 0 Å². The summed E-state index contributed by atoms with van der Waals surface area (Å²) in [5, 5.41) is 7.29. The van der Waals surface area contributed by atoms with E-state index in [0.717, 1.165) is 39.0 Å². The van der Waals surface area contributed by atoms with Gasteiger partial charge in [-0.05, 0) is 98.4 Å². The number of furan rings is 1. The molecule has 0 amide bonds. The van der Waals surface area contributed by atoms with Gasteiger partial charge in [-0.1, -0.05) is 121 Å². The molecule has 1 heterocycles. The average molecular weight is 588 g/mol. The number of fused-ring (bicyclic) bond motifs is 6. The highest BCUT2D eigenvalue weighted by atomic mass is 16.3. The Morgan fingerprint density at radius 3 is 1.78 bits per heavy atom. The molecule has 0 saturated carbocycles. The summed E-state index contributed by atoms with van der Waals surface area (Å²) in [6, 6.07) is 62.8. The molecule has 46 heavy (non-hydrogen) atoms. The maximum Gasteiger partial charge on any atom is 0.135 e. The van der Waals surface area contributed by atoms with E-state index < -0.39 is 0 Å². The number of hydrogen-bond acceptors (Lipinski definition) is 2. The van der Waals surface area contributed by atoms with E-state index in [4.69, 9.17) is 4.42 Å². The summed E-state index contributed by atoms with van der Waals surface area (Å²) in [5.74, 6) is 0. The predicted molar refractivity (Wildman–Crippen MR) is 194 cm³/mol. The topological polar surface area (TPSA) is 16.4 Å². The van der Waals surface area contributed by atoms with Crippen molar-refractivity contribution in [3.05, 3.63) is 176 Å². The molecule has 0 radical (unpaired) electrons. The van der Waals surface area contributed by atoms with Crippen molar-refractivity contribution >= 4 is 60.5 Å². The second-order valence-corrected chi connectivity index (χ2v) is 11.7. The Morgan fingerprint density at radius 2 is 0.957 bits per heavy atom. The summed E-state index contributed by atoms with van der Waals surface area (Å²) in [4.78, 5) is 2.32. The van der Waals surface area contributed by atoms with Gasteiger partial charge in [-0.25, -0.2) is 0 Å². The largest absolute Gasteiger partial charge is 0.456 e. The van der Waals surface area contributed by atoms with Crippen LogP contribution in [0.5, 0.6) is 0 Å². The fraction of sp³-hybridized carbons (Fsp3) is 0. The molecule has 0 unspecified atom stereocenters. The molecule has 1 aromatic heterocycles. The van der Waals surface area contributed by atoms with Crippen molar-refractivity contribution < 1.29 is 4.42 Å². The summed E-state index contributed by atoms with van der Waals surface area (Å²) < 4.78 is 6.15. The smallest absolute Gasteiger partial charge is 0.135 e. The zero-order valence-electron chi connectivity index (χ0n) is 25.1. The van der Waals surface area contributed by atoms with E-state index in [9.17, 15) is 0 Å². The lowest BCUT2D eigenvalue weighted by Gasteiger charge is -2.26. The summed E-state index contributed by atoms with van der Waals surface area (Å²) >= 11 is 0. The fourth-order valence-corrected chi connectivity index (χ4v) is 6.92. The molecule has 0 aliphatic rings. The van der Waals surface area contributed by atoms with E-state index in [-0.39, 0.29) is 0 Å². The van der Waals surface area contributed by atoms with Crippen LogP contribution in [0.2, 0.25) is 0 Å². The number of benzene rings is 8. The lowest BCUT2D eigenvalue weighted by Crippen LogP contribution is -2.09. The van der Waals surface area contributed by atoms with Gasteiger partial charge in [-0.3, -0.25) is 0 Å². The lowest BCUT2D eigenvalue weighted by molar-refractivity contribution is 0.669. The molecule has 9 rings (SSSR count). The van der Waals surface area contributed by atoms with Crippen molar-refractivity contribution in [2.45, 2.75) is 0 Å². The zero-order chi connectivity index (χ0) is 30.5. The number of hydrogen-bond donors (Lipinski definition) is 0. The number of nitrogens with zero attached hydrogens (tertiary/aromatic N) is 1. The highest BCUT2D eigenvalue weighted by Gasteiger charge is 2.17. The summed E-state index contributed by atoms with van der Waals surface area (Å²) in [6.07, 6.45) is 0. The summed E-state index contributed by atoms with van der Waals surface area (Å²) in [6.45, 7) is 0. The van der Waals surface area contributed by atoms with E-state index in [0.29, 0.717) is 0 Å². The molecule has 2 nitrogen and oxygen atoms in total. The minimum Gasteiger partial charge on any atom is -0.456 e. The van der Waals surface area contributed by atoms with Crippen molar-refractivity contribution in [3.8, 4) is 22.3 Å². The first-order valence-corrected chi connectivity index (χ1v) is 15.7. The molecule has 0 N–H and O–H groups in total. The van der Waals surface area contributed by atoms with Crippen molar-refractivity contribution in [2.75, 3.05) is 4.90 Å². The molecule has 0 atom stereocenters. The highest BCUT2D eigenvalue weighted by Crippen LogP contribution is 2.43. The van der Waals surface area contributed by atoms with Crippen LogP contribution in [0.1, 0.15) is 0 Å². The fourth-order valence-electron chi connectivity index (χ4n) is 6.92. The zero-order valence-corrected chi connectivity index (χ0v) is 25.1. The van der Waals surface area contributed by atoms with Gasteiger partial charge in [0.1, 0.15) is 11.2 Å². The standard InChI is InChI=1S/C44H29NO/c1-3-12-30(13-4-1)37-19-11-20-39-36-17-8-7-14-32(36)28-40(44(37)39)31-22-24-34(25-23-31)45(33-15-5-2-6-16-33)35-26-27-43-41(29-35)38-18-9-10-21-42(38)46-43/h1-29H. The van der Waals surface area contributed by atoms with Crippen LogP contribution in [0.15, 0.2) is 180 Å². The van der Waals surface area contributed by atoms with Crippen LogP contribution in [0, 0.1) is 0 Å². The molecule has 0 saturated heterocycles. The third-order valence-corrected chi connectivity index (χ3v) is 9.04. The Labute approximate surface area is 267 Å². The normalized spacial score (nSPS) is 11.5. The monoisotopic (exact) mass is 587 g/mol. The first-order valence-electron chi connectivity index (χ1n) is 15.7. The molecule has 0 aliphatic carbocycles. The van der Waals surface area contributed by atoms with Crippen LogP contribution in [0.4, 0.5) is 17.1 Å². The Bertz CT molecular complexity index is 2510. The van der Waals surface area contributed by atoms with Crippen LogP contribution in [0.25, 0.3) is 65.7 Å². The number of rotatable bonds is 5. The quantitative estimate of drug-likeness (QED) is 0.186. The molecular formula is C44H29NO. The van der Waals surface area contributed by atoms with Gasteiger partial charge in [0.2, 0.25) is 0 Å². The number of para-hydroxylation sites is 2. The first kappa shape index (κ1) is 26.3. The van der Waals surface area contributed by atoms with Gasteiger partial charge < -0.3 is 9.32 Å². The third kappa shape index (κ3) is 4.35. The van der Waals surface area contributed by atoms with Gasteiger partial charge in [-0.2, -0.15) is 0 Å². The van der Waals surface area contributed by atoms with Crippen molar-refractivity contribution in [2.24, 2.45) is 0 Å². The predicted octanol–water partition coefficient (Wildman–Crippen LogP) is 12.7. The van der Waals surface area contributed by atoms with E-state index >= 15 is 0 Å². The molecule has 0 aliphatic heterocycles. The molecule has 9 aromatic rings. The Kier molecular flexibility index (Phi) is 6.17. The minimum atomic E-state index is 0.894. The van der Waals surface area contributed by atoms with Crippen LogP contribution in [0.3, 0.4) is 0 Å². The Hall–Kier alpha value is -6.12. The molecule has 216 valence electrons. The molecule has 0 fully saturated rings. The van der Waals surface area contributed by atoms with Gasteiger partial charge in [0.15, 0.2) is 0 Å².